The molecule has 1 heterocycles. The van der Waals surface area contributed by atoms with Crippen LogP contribution in [0.1, 0.15) is 33.6 Å². The fraction of sp³-hybridized carbons (Fsp3) is 0.786. The maximum Gasteiger partial charge on any atom is 0.414 e. The van der Waals surface area contributed by atoms with Gasteiger partial charge in [0.2, 0.25) is 0 Å². The first kappa shape index (κ1) is 18.2. The van der Waals surface area contributed by atoms with Crippen LogP contribution in [0.5, 0.6) is 0 Å². The Morgan fingerprint density at radius 1 is 1.14 bits per heavy atom. The van der Waals surface area contributed by atoms with Crippen LogP contribution in [0.2, 0.25) is 0 Å². The smallest absolute Gasteiger partial charge is 0.414 e. The number of carboxylic acid groups (broad SMARTS) is 2. The summed E-state index contributed by atoms with van der Waals surface area (Å²) >= 11 is 0. The van der Waals surface area contributed by atoms with Gasteiger partial charge < -0.3 is 25.2 Å². The van der Waals surface area contributed by atoms with Crippen molar-refractivity contribution in [3.05, 3.63) is 0 Å². The zero-order valence-electron chi connectivity index (χ0n) is 13.4. The molecule has 2 fully saturated rings. The molecule has 0 bridgehead atoms. The second-order valence-corrected chi connectivity index (χ2v) is 6.87. The number of ether oxygens (including phenoxy) is 1. The zero-order chi connectivity index (χ0) is 17.1. The Balaban J connectivity index is 0.000000346. The molecule has 8 heteroatoms. The van der Waals surface area contributed by atoms with Crippen molar-refractivity contribution in [2.45, 2.75) is 45.3 Å². The minimum absolute atomic E-state index is 0.195. The molecular formula is C14H24N2O6. The van der Waals surface area contributed by atoms with Gasteiger partial charge in [-0.1, -0.05) is 0 Å². The van der Waals surface area contributed by atoms with Gasteiger partial charge >= 0.3 is 18.0 Å². The number of rotatable bonds is 1. The second-order valence-electron chi connectivity index (χ2n) is 6.87. The summed E-state index contributed by atoms with van der Waals surface area (Å²) in [6, 6.07) is 0.372. The van der Waals surface area contributed by atoms with Crippen molar-refractivity contribution >= 4 is 18.0 Å². The predicted molar refractivity (Wildman–Crippen MR) is 77.6 cm³/mol. The second kappa shape index (κ2) is 6.51. The van der Waals surface area contributed by atoms with Gasteiger partial charge in [-0.25, -0.2) is 14.4 Å². The molecule has 1 saturated heterocycles. The third-order valence-corrected chi connectivity index (χ3v) is 3.75. The monoisotopic (exact) mass is 316 g/mol. The molecule has 22 heavy (non-hydrogen) atoms. The van der Waals surface area contributed by atoms with Gasteiger partial charge in [0.15, 0.2) is 0 Å². The molecule has 3 N–H and O–H groups in total. The third-order valence-electron chi connectivity index (χ3n) is 3.75. The molecule has 0 atom stereocenters. The Morgan fingerprint density at radius 3 is 1.86 bits per heavy atom. The summed E-state index contributed by atoms with van der Waals surface area (Å²) in [5.41, 5.74) is 0.103. The average molecular weight is 316 g/mol. The van der Waals surface area contributed by atoms with Crippen molar-refractivity contribution < 1.29 is 29.3 Å². The lowest BCUT2D eigenvalue weighted by Gasteiger charge is -2.56. The summed E-state index contributed by atoms with van der Waals surface area (Å²) in [4.78, 5) is 31.8. The number of nitrogens with zero attached hydrogens (tertiary/aromatic N) is 1. The standard InChI is InChI=1S/C12H22N2O2.C2H2O4/c1-11(2,3)16-10(15)14(4)9-5-12(6-9)7-13-8-12;3-1(4)2(5)6/h9,13H,5-8H2,1-4H3;(H,3,4)(H,5,6). The van der Waals surface area contributed by atoms with E-state index in [4.69, 9.17) is 24.5 Å². The summed E-state index contributed by atoms with van der Waals surface area (Å²) in [5, 5.41) is 18.1. The molecular weight excluding hydrogens is 292 g/mol. The molecule has 0 unspecified atom stereocenters. The summed E-state index contributed by atoms with van der Waals surface area (Å²) in [6.45, 7) is 7.93. The van der Waals surface area contributed by atoms with E-state index in [1.807, 2.05) is 27.8 Å². The van der Waals surface area contributed by atoms with Crippen molar-refractivity contribution in [1.29, 1.82) is 0 Å². The molecule has 8 nitrogen and oxygen atoms in total. The van der Waals surface area contributed by atoms with Crippen LogP contribution >= 0.6 is 0 Å². The molecule has 2 aliphatic rings. The number of carbonyl (C=O) groups is 3. The van der Waals surface area contributed by atoms with Gasteiger partial charge in [-0.05, 0) is 39.0 Å². The fourth-order valence-electron chi connectivity index (χ4n) is 2.46. The van der Waals surface area contributed by atoms with Crippen molar-refractivity contribution in [3.8, 4) is 0 Å². The summed E-state index contributed by atoms with van der Waals surface area (Å²) in [7, 11) is 1.84. The van der Waals surface area contributed by atoms with Crippen LogP contribution < -0.4 is 5.32 Å². The highest BCUT2D eigenvalue weighted by Gasteiger charge is 2.50. The summed E-state index contributed by atoms with van der Waals surface area (Å²) in [5.74, 6) is -3.65. The molecule has 0 aromatic rings. The van der Waals surface area contributed by atoms with Crippen LogP contribution in [-0.2, 0) is 14.3 Å². The maximum absolute atomic E-state index is 11.8. The van der Waals surface area contributed by atoms with E-state index in [2.05, 4.69) is 5.32 Å². The SMILES string of the molecule is CN(C(=O)OC(C)(C)C)C1CC2(CNC2)C1.O=C(O)C(=O)O. The molecule has 1 aliphatic carbocycles. The topological polar surface area (TPSA) is 116 Å². The number of nitrogens with one attached hydrogen (secondary N) is 1. The molecule has 1 aliphatic heterocycles. The first-order valence-corrected chi connectivity index (χ1v) is 7.08. The van der Waals surface area contributed by atoms with Crippen LogP contribution in [0.4, 0.5) is 4.79 Å². The number of aliphatic carboxylic acids is 2. The van der Waals surface area contributed by atoms with E-state index in [-0.39, 0.29) is 6.09 Å². The quantitative estimate of drug-likeness (QED) is 0.611. The van der Waals surface area contributed by atoms with Crippen molar-refractivity contribution in [2.75, 3.05) is 20.1 Å². The number of amides is 1. The minimum Gasteiger partial charge on any atom is -0.473 e. The minimum atomic E-state index is -1.82. The first-order chi connectivity index (χ1) is 9.96. The zero-order valence-corrected chi connectivity index (χ0v) is 13.4. The Morgan fingerprint density at radius 2 is 1.59 bits per heavy atom. The predicted octanol–water partition coefficient (Wildman–Crippen LogP) is 0.761. The lowest BCUT2D eigenvalue weighted by Crippen LogP contribution is -2.65. The van der Waals surface area contributed by atoms with Gasteiger partial charge in [0.1, 0.15) is 5.60 Å². The average Bonchev–Trinajstić information content (AvgIpc) is 2.23. The van der Waals surface area contributed by atoms with E-state index < -0.39 is 17.5 Å². The van der Waals surface area contributed by atoms with Gasteiger partial charge in [0.05, 0.1) is 0 Å². The molecule has 1 saturated carbocycles. The molecule has 2 rings (SSSR count). The number of carbonyl (C=O) groups excluding carboxylic acids is 1. The number of hydrogen-bond acceptors (Lipinski definition) is 5. The summed E-state index contributed by atoms with van der Waals surface area (Å²) in [6.07, 6.45) is 2.05. The van der Waals surface area contributed by atoms with E-state index in [0.717, 1.165) is 25.9 Å². The van der Waals surface area contributed by atoms with Gasteiger partial charge in [-0.2, -0.15) is 0 Å². The molecule has 0 aromatic carbocycles. The maximum atomic E-state index is 11.8. The molecule has 0 radical (unpaired) electrons. The lowest BCUT2D eigenvalue weighted by atomic mass is 9.61. The highest BCUT2D eigenvalue weighted by molar-refractivity contribution is 6.27. The Bertz CT molecular complexity index is 433. The Hall–Kier alpha value is -1.83. The van der Waals surface area contributed by atoms with Crippen LogP contribution in [0.15, 0.2) is 0 Å². The summed E-state index contributed by atoms with van der Waals surface area (Å²) < 4.78 is 5.35. The van der Waals surface area contributed by atoms with E-state index in [1.165, 1.54) is 0 Å². The van der Waals surface area contributed by atoms with E-state index in [1.54, 1.807) is 4.90 Å². The largest absolute Gasteiger partial charge is 0.473 e. The highest BCUT2D eigenvalue weighted by atomic mass is 16.6. The normalized spacial score (nSPS) is 19.1. The number of carboxylic acids is 2. The first-order valence-electron chi connectivity index (χ1n) is 7.08. The third kappa shape index (κ3) is 4.87. The Labute approximate surface area is 129 Å². The van der Waals surface area contributed by atoms with Crippen LogP contribution in [-0.4, -0.2) is 64.9 Å². The van der Waals surface area contributed by atoms with Crippen molar-refractivity contribution in [1.82, 2.24) is 10.2 Å². The molecule has 0 aromatic heterocycles. The van der Waals surface area contributed by atoms with E-state index in [9.17, 15) is 4.79 Å². The van der Waals surface area contributed by atoms with E-state index in [0.29, 0.717) is 11.5 Å². The van der Waals surface area contributed by atoms with E-state index >= 15 is 0 Å². The van der Waals surface area contributed by atoms with Gasteiger partial charge in [-0.15, -0.1) is 0 Å². The van der Waals surface area contributed by atoms with Crippen molar-refractivity contribution in [2.24, 2.45) is 5.41 Å². The van der Waals surface area contributed by atoms with Crippen LogP contribution in [0.3, 0.4) is 0 Å². The van der Waals surface area contributed by atoms with Gasteiger partial charge in [0, 0.05) is 26.2 Å². The molecule has 1 amide bonds. The van der Waals surface area contributed by atoms with Gasteiger partial charge in [-0.3, -0.25) is 0 Å². The van der Waals surface area contributed by atoms with Crippen LogP contribution in [0.25, 0.3) is 0 Å². The molecule has 1 spiro atoms. The Kier molecular flexibility index (Phi) is 5.39. The van der Waals surface area contributed by atoms with Crippen molar-refractivity contribution in [3.63, 3.8) is 0 Å². The molecule has 126 valence electrons. The lowest BCUT2D eigenvalue weighted by molar-refractivity contribution is -0.159. The fourth-order valence-corrected chi connectivity index (χ4v) is 2.46. The van der Waals surface area contributed by atoms with Crippen LogP contribution in [0, 0.1) is 5.41 Å². The van der Waals surface area contributed by atoms with Gasteiger partial charge in [0.25, 0.3) is 0 Å². The number of hydrogen-bond donors (Lipinski definition) is 3. The highest BCUT2D eigenvalue weighted by Crippen LogP contribution is 2.46.